The molecule has 48 heavy (non-hydrogen) atoms. The molecule has 2 aliphatic heterocycles. The third-order valence-electron chi connectivity index (χ3n) is 12.1. The minimum absolute atomic E-state index is 0.0243. The van der Waals surface area contributed by atoms with Crippen LogP contribution in [0.1, 0.15) is 72.9 Å². The summed E-state index contributed by atoms with van der Waals surface area (Å²) in [6.45, 7) is 12.1. The van der Waals surface area contributed by atoms with Crippen LogP contribution in [0, 0.1) is 22.7 Å². The summed E-state index contributed by atoms with van der Waals surface area (Å²) in [4.78, 5) is 30.6. The highest BCUT2D eigenvalue weighted by Crippen LogP contribution is 2.56. The van der Waals surface area contributed by atoms with Gasteiger partial charge in [-0.05, 0) is 70.2 Å². The average Bonchev–Trinajstić information content (AvgIpc) is 3.49. The van der Waals surface area contributed by atoms with Crippen LogP contribution < -0.4 is 0 Å². The van der Waals surface area contributed by atoms with Crippen molar-refractivity contribution in [2.24, 2.45) is 22.7 Å². The second-order valence-electron chi connectivity index (χ2n) is 15.1. The zero-order valence-corrected chi connectivity index (χ0v) is 29.8. The van der Waals surface area contributed by atoms with Crippen molar-refractivity contribution in [3.63, 3.8) is 0 Å². The molecule has 4 aliphatic rings. The summed E-state index contributed by atoms with van der Waals surface area (Å²) >= 11 is 12.9. The van der Waals surface area contributed by atoms with Crippen LogP contribution in [0.5, 0.6) is 0 Å². The van der Waals surface area contributed by atoms with E-state index in [0.717, 1.165) is 47.1 Å². The molecule has 0 unspecified atom stereocenters. The van der Waals surface area contributed by atoms with Gasteiger partial charge < -0.3 is 9.80 Å². The Balaban J connectivity index is 0.000000152. The lowest BCUT2D eigenvalue weighted by atomic mass is 9.61. The van der Waals surface area contributed by atoms with E-state index in [1.165, 1.54) is 22.3 Å². The van der Waals surface area contributed by atoms with Crippen LogP contribution in [0.4, 0.5) is 0 Å². The number of nitrogens with zero attached hydrogens (tertiary/aromatic N) is 2. The van der Waals surface area contributed by atoms with Crippen molar-refractivity contribution < 1.29 is 9.59 Å². The zero-order chi connectivity index (χ0) is 33.8. The smallest absolute Gasteiger partial charge is 0.231 e. The van der Waals surface area contributed by atoms with Crippen molar-refractivity contribution in [1.82, 2.24) is 9.80 Å². The molecular formula is C42H44Cl2N2O2. The van der Waals surface area contributed by atoms with Crippen LogP contribution in [0.15, 0.2) is 97.1 Å². The van der Waals surface area contributed by atoms with Crippen LogP contribution in [0.25, 0.3) is 0 Å². The van der Waals surface area contributed by atoms with Crippen molar-refractivity contribution >= 4 is 35.0 Å². The molecule has 6 heteroatoms. The Morgan fingerprint density at radius 1 is 0.583 bits per heavy atom. The first-order chi connectivity index (χ1) is 23.0. The number of hydrogen-bond acceptors (Lipinski definition) is 2. The van der Waals surface area contributed by atoms with Gasteiger partial charge in [0.2, 0.25) is 11.8 Å². The Labute approximate surface area is 295 Å². The third kappa shape index (κ3) is 5.55. The number of amides is 2. The maximum absolute atomic E-state index is 13.3. The van der Waals surface area contributed by atoms with E-state index in [2.05, 4.69) is 64.1 Å². The molecule has 2 aliphatic carbocycles. The fraction of sp³-hybridized carbons (Fsp3) is 0.381. The van der Waals surface area contributed by atoms with Gasteiger partial charge in [0.15, 0.2) is 0 Å². The van der Waals surface area contributed by atoms with E-state index in [1.54, 1.807) is 0 Å². The second-order valence-corrected chi connectivity index (χ2v) is 15.9. The molecule has 2 fully saturated rings. The van der Waals surface area contributed by atoms with Crippen LogP contribution in [0.2, 0.25) is 10.0 Å². The first kappa shape index (κ1) is 32.9. The molecule has 6 atom stereocenters. The van der Waals surface area contributed by atoms with E-state index >= 15 is 0 Å². The van der Waals surface area contributed by atoms with E-state index in [1.807, 2.05) is 70.5 Å². The molecule has 0 N–H and O–H groups in total. The van der Waals surface area contributed by atoms with Crippen molar-refractivity contribution in [2.45, 2.75) is 65.5 Å². The Morgan fingerprint density at radius 3 is 1.33 bits per heavy atom. The molecule has 8 rings (SSSR count). The number of rotatable bonds is 4. The van der Waals surface area contributed by atoms with Gasteiger partial charge in [-0.3, -0.25) is 9.59 Å². The molecule has 4 aromatic carbocycles. The van der Waals surface area contributed by atoms with Gasteiger partial charge in [0, 0.05) is 47.1 Å². The van der Waals surface area contributed by atoms with Crippen molar-refractivity contribution in [3.05, 3.63) is 140 Å². The lowest BCUT2D eigenvalue weighted by Crippen LogP contribution is -2.38. The van der Waals surface area contributed by atoms with Crippen LogP contribution in [-0.4, -0.2) is 34.7 Å². The van der Waals surface area contributed by atoms with Gasteiger partial charge >= 0.3 is 0 Å². The fourth-order valence-electron chi connectivity index (χ4n) is 9.02. The largest absolute Gasteiger partial charge is 0.337 e. The molecule has 4 aromatic rings. The summed E-state index contributed by atoms with van der Waals surface area (Å²) in [6, 6.07) is 32.5. The SMILES string of the molecule is C[C@H]1Cc2c(Cl)cccc2[C@@H]2C(=O)N(Cc3ccccc3)C[C@]12C.C[C@H]1Cc2c(Cl)cccc2[C@H]2C(=O)N(Cc3ccccc3)C[C@@]21C. The van der Waals surface area contributed by atoms with Gasteiger partial charge in [-0.25, -0.2) is 0 Å². The van der Waals surface area contributed by atoms with Gasteiger partial charge in [0.1, 0.15) is 0 Å². The highest BCUT2D eigenvalue weighted by molar-refractivity contribution is 6.31. The van der Waals surface area contributed by atoms with E-state index in [9.17, 15) is 9.59 Å². The zero-order valence-electron chi connectivity index (χ0n) is 28.3. The average molecular weight is 680 g/mol. The van der Waals surface area contributed by atoms with E-state index in [-0.39, 0.29) is 34.5 Å². The molecule has 0 spiro atoms. The molecule has 248 valence electrons. The minimum Gasteiger partial charge on any atom is -0.337 e. The van der Waals surface area contributed by atoms with Gasteiger partial charge in [0.05, 0.1) is 11.8 Å². The predicted octanol–water partition coefficient (Wildman–Crippen LogP) is 9.33. The van der Waals surface area contributed by atoms with Crippen molar-refractivity contribution in [2.75, 3.05) is 13.1 Å². The first-order valence-corrected chi connectivity index (χ1v) is 18.0. The highest BCUT2D eigenvalue weighted by Gasteiger charge is 2.56. The van der Waals surface area contributed by atoms with Gasteiger partial charge in [-0.15, -0.1) is 0 Å². The molecule has 0 radical (unpaired) electrons. The van der Waals surface area contributed by atoms with Crippen molar-refractivity contribution in [1.29, 1.82) is 0 Å². The molecule has 2 amide bonds. The standard InChI is InChI=1S/2C21H22ClNO/c2*1-14-11-17-16(9-6-10-18(17)22)19-20(24)23(13-21(14,19)2)12-15-7-4-3-5-8-15/h2*3-10,14,19H,11-13H2,1-2H3/t14-,19+,21+;14-,19-,21+/m00/s1. The Kier molecular flexibility index (Phi) is 8.71. The topological polar surface area (TPSA) is 40.6 Å². The lowest BCUT2D eigenvalue weighted by Gasteiger charge is -2.41. The molecule has 0 bridgehead atoms. The number of hydrogen-bond donors (Lipinski definition) is 0. The second kappa shape index (κ2) is 12.7. The summed E-state index contributed by atoms with van der Waals surface area (Å²) < 4.78 is 0. The Bertz CT molecular complexity index is 1710. The molecular weight excluding hydrogens is 635 g/mol. The number of benzene rings is 4. The van der Waals surface area contributed by atoms with E-state index in [4.69, 9.17) is 23.2 Å². The number of likely N-dealkylation sites (tertiary alicyclic amines) is 2. The number of carbonyl (C=O) groups is 2. The van der Waals surface area contributed by atoms with Gasteiger partial charge in [-0.2, -0.15) is 0 Å². The van der Waals surface area contributed by atoms with Crippen LogP contribution in [-0.2, 0) is 35.5 Å². The molecule has 4 nitrogen and oxygen atoms in total. The van der Waals surface area contributed by atoms with Crippen LogP contribution >= 0.6 is 23.2 Å². The van der Waals surface area contributed by atoms with Gasteiger partial charge in [-0.1, -0.05) is 136 Å². The van der Waals surface area contributed by atoms with Crippen LogP contribution in [0.3, 0.4) is 0 Å². The lowest BCUT2D eigenvalue weighted by molar-refractivity contribution is -0.130. The predicted molar refractivity (Wildman–Crippen MR) is 194 cm³/mol. The summed E-state index contributed by atoms with van der Waals surface area (Å²) in [6.07, 6.45) is 1.91. The first-order valence-electron chi connectivity index (χ1n) is 17.2. The molecule has 2 saturated heterocycles. The maximum atomic E-state index is 13.3. The summed E-state index contributed by atoms with van der Waals surface area (Å²) in [5, 5.41) is 1.60. The van der Waals surface area contributed by atoms with Gasteiger partial charge in [0.25, 0.3) is 0 Å². The summed E-state index contributed by atoms with van der Waals surface area (Å²) in [5.74, 6) is 1.21. The number of fused-ring (bicyclic) bond motifs is 6. The monoisotopic (exact) mass is 678 g/mol. The van der Waals surface area contributed by atoms with E-state index < -0.39 is 0 Å². The summed E-state index contributed by atoms with van der Waals surface area (Å²) in [7, 11) is 0. The molecule has 0 saturated carbocycles. The van der Waals surface area contributed by atoms with Crippen molar-refractivity contribution in [3.8, 4) is 0 Å². The number of halogens is 2. The van der Waals surface area contributed by atoms with E-state index in [0.29, 0.717) is 24.9 Å². The fourth-order valence-corrected chi connectivity index (χ4v) is 9.54. The highest BCUT2D eigenvalue weighted by atomic mass is 35.5. The third-order valence-corrected chi connectivity index (χ3v) is 12.8. The molecule has 2 heterocycles. The maximum Gasteiger partial charge on any atom is 0.231 e. The molecule has 0 aromatic heterocycles. The summed E-state index contributed by atoms with van der Waals surface area (Å²) in [5.41, 5.74) is 6.95. The normalized spacial score (nSPS) is 28.6. The Morgan fingerprint density at radius 2 is 0.958 bits per heavy atom. The number of carbonyl (C=O) groups excluding carboxylic acids is 2. The Hall–Kier alpha value is -3.60. The minimum atomic E-state index is -0.0707. The quantitative estimate of drug-likeness (QED) is 0.216.